The molecule has 3 heterocycles. The summed E-state index contributed by atoms with van der Waals surface area (Å²) in [6.45, 7) is 6.88. The van der Waals surface area contributed by atoms with Crippen LogP contribution in [-0.2, 0) is 5.41 Å². The van der Waals surface area contributed by atoms with Gasteiger partial charge in [0.15, 0.2) is 0 Å². The molecule has 4 heteroatoms. The smallest absolute Gasteiger partial charge is 0.253 e. The van der Waals surface area contributed by atoms with Crippen molar-refractivity contribution in [3.63, 3.8) is 0 Å². The normalized spacial score (nSPS) is 12.8. The van der Waals surface area contributed by atoms with E-state index in [0.717, 1.165) is 17.1 Å². The fourth-order valence-electron chi connectivity index (χ4n) is 12.5. The molecule has 356 valence electrons. The molecule has 2 aliphatic heterocycles. The minimum Gasteiger partial charge on any atom is -0.311 e. The highest BCUT2D eigenvalue weighted by Crippen LogP contribution is 2.51. The highest BCUT2D eigenvalue weighted by Gasteiger charge is 2.46. The third-order valence-corrected chi connectivity index (χ3v) is 15.8. The van der Waals surface area contributed by atoms with E-state index in [1.54, 1.807) is 0 Å². The van der Waals surface area contributed by atoms with E-state index in [2.05, 4.69) is 302 Å². The van der Waals surface area contributed by atoms with Crippen LogP contribution in [0, 0.1) is 0 Å². The number of rotatable bonds is 8. The first-order valence-electron chi connectivity index (χ1n) is 26.3. The van der Waals surface area contributed by atoms with E-state index in [1.165, 1.54) is 105 Å². The van der Waals surface area contributed by atoms with E-state index in [1.807, 2.05) is 0 Å². The molecule has 0 saturated heterocycles. The monoisotopic (exact) mass is 959 g/mol. The van der Waals surface area contributed by atoms with Crippen LogP contribution in [0.4, 0.5) is 34.1 Å². The highest BCUT2D eigenvalue weighted by molar-refractivity contribution is 7.02. The van der Waals surface area contributed by atoms with Crippen molar-refractivity contribution in [1.29, 1.82) is 0 Å². The zero-order chi connectivity index (χ0) is 50.2. The summed E-state index contributed by atoms with van der Waals surface area (Å²) >= 11 is 0. The van der Waals surface area contributed by atoms with Crippen LogP contribution in [0.2, 0.25) is 0 Å². The lowest BCUT2D eigenvalue weighted by Crippen LogP contribution is -2.61. The van der Waals surface area contributed by atoms with E-state index < -0.39 is 0 Å². The molecular formula is C71H54BN3. The average molecular weight is 960 g/mol. The van der Waals surface area contributed by atoms with Gasteiger partial charge in [-0.2, -0.15) is 0 Å². The van der Waals surface area contributed by atoms with Crippen LogP contribution in [0.1, 0.15) is 48.9 Å². The van der Waals surface area contributed by atoms with Crippen molar-refractivity contribution in [3.8, 4) is 27.9 Å². The van der Waals surface area contributed by atoms with E-state index in [-0.39, 0.29) is 18.0 Å². The molecule has 0 radical (unpaired) electrons. The van der Waals surface area contributed by atoms with E-state index in [4.69, 9.17) is 0 Å². The molecule has 0 spiro atoms. The third-order valence-electron chi connectivity index (χ3n) is 15.8. The maximum atomic E-state index is 2.64. The largest absolute Gasteiger partial charge is 0.311 e. The van der Waals surface area contributed by atoms with Crippen molar-refractivity contribution < 1.29 is 0 Å². The molecule has 0 bridgehead atoms. The molecule has 1 aromatic heterocycles. The molecule has 12 aromatic rings. The summed E-state index contributed by atoms with van der Waals surface area (Å²) in [5.74, 6) is -0.0696. The van der Waals surface area contributed by atoms with Gasteiger partial charge in [-0.25, -0.2) is 0 Å². The maximum Gasteiger partial charge on any atom is 0.253 e. The number of hydrogen-bond donors (Lipinski definition) is 0. The number of aromatic nitrogens is 1. The van der Waals surface area contributed by atoms with Crippen LogP contribution in [0.3, 0.4) is 0 Å². The van der Waals surface area contributed by atoms with Gasteiger partial charge in [-0.15, -0.1) is 0 Å². The standard InChI is InChI=1S/C71H54BN3/c1-71(2,3)53-41-42-58-64(47-53)75(60-39-23-20-36-56(60)49-27-11-5-12-28-49)66-46-52(67(50-29-13-6-14-30-50)51-31-15-7-16-32-51)45-65-69(66)72(58)70-63(74(65)59-38-22-19-35-55(59)48-25-9-4-10-26-48)44-43-62-68(70)57-37-21-24-40-61(57)73(62)54-33-17-8-18-34-54/h4-47,67H,1-3H3. The first-order chi connectivity index (χ1) is 36.9. The Morgan fingerprint density at radius 1 is 0.360 bits per heavy atom. The number of nitrogens with zero attached hydrogens (tertiary/aromatic N) is 3. The van der Waals surface area contributed by atoms with Crippen LogP contribution in [-0.4, -0.2) is 11.3 Å². The molecule has 3 nitrogen and oxygen atoms in total. The quantitative estimate of drug-likeness (QED) is 0.111. The van der Waals surface area contributed by atoms with Gasteiger partial charge in [0.1, 0.15) is 0 Å². The Balaban J connectivity index is 1.19. The highest BCUT2D eigenvalue weighted by atomic mass is 15.2. The molecule has 2 aliphatic rings. The molecule has 0 saturated carbocycles. The van der Waals surface area contributed by atoms with Crippen molar-refractivity contribution in [2.45, 2.75) is 32.1 Å². The Labute approximate surface area is 440 Å². The van der Waals surface area contributed by atoms with Crippen molar-refractivity contribution in [2.24, 2.45) is 0 Å². The second-order valence-electron chi connectivity index (χ2n) is 21.2. The number of para-hydroxylation sites is 4. The van der Waals surface area contributed by atoms with Crippen LogP contribution in [0.25, 0.3) is 49.7 Å². The lowest BCUT2D eigenvalue weighted by atomic mass is 9.32. The van der Waals surface area contributed by atoms with Crippen molar-refractivity contribution in [3.05, 3.63) is 289 Å². The zero-order valence-electron chi connectivity index (χ0n) is 42.4. The van der Waals surface area contributed by atoms with Crippen molar-refractivity contribution in [1.82, 2.24) is 4.57 Å². The Morgan fingerprint density at radius 2 is 0.853 bits per heavy atom. The van der Waals surface area contributed by atoms with Crippen molar-refractivity contribution >= 4 is 79.0 Å². The van der Waals surface area contributed by atoms with Gasteiger partial charge in [0.25, 0.3) is 6.71 Å². The second kappa shape index (κ2) is 17.8. The summed E-state index contributed by atoms with van der Waals surface area (Å²) in [4.78, 5) is 5.27. The molecule has 0 amide bonds. The molecule has 0 atom stereocenters. The Kier molecular flexibility index (Phi) is 10.6. The summed E-state index contributed by atoms with van der Waals surface area (Å²) < 4.78 is 2.48. The van der Waals surface area contributed by atoms with Crippen LogP contribution in [0.5, 0.6) is 0 Å². The van der Waals surface area contributed by atoms with Crippen LogP contribution >= 0.6 is 0 Å². The molecule has 14 rings (SSSR count). The lowest BCUT2D eigenvalue weighted by molar-refractivity contribution is 0.590. The summed E-state index contributed by atoms with van der Waals surface area (Å²) in [6, 6.07) is 99.5. The van der Waals surface area contributed by atoms with E-state index in [0.29, 0.717) is 0 Å². The van der Waals surface area contributed by atoms with E-state index in [9.17, 15) is 0 Å². The lowest BCUT2D eigenvalue weighted by Gasteiger charge is -2.46. The van der Waals surface area contributed by atoms with Crippen molar-refractivity contribution in [2.75, 3.05) is 9.80 Å². The number of hydrogen-bond acceptors (Lipinski definition) is 2. The van der Waals surface area contributed by atoms with Gasteiger partial charge in [0.05, 0.1) is 22.4 Å². The van der Waals surface area contributed by atoms with Gasteiger partial charge in [0.2, 0.25) is 0 Å². The Morgan fingerprint density at radius 3 is 1.43 bits per heavy atom. The molecule has 0 unspecified atom stereocenters. The molecule has 0 fully saturated rings. The number of anilines is 6. The molecule has 0 aliphatic carbocycles. The molecule has 75 heavy (non-hydrogen) atoms. The maximum absolute atomic E-state index is 2.64. The summed E-state index contributed by atoms with van der Waals surface area (Å²) in [5, 5.41) is 2.51. The number of fused-ring (bicyclic) bond motifs is 8. The minimum absolute atomic E-state index is 0.0696. The molecule has 11 aromatic carbocycles. The van der Waals surface area contributed by atoms with Gasteiger partial charge < -0.3 is 14.4 Å². The number of benzene rings is 11. The fourth-order valence-corrected chi connectivity index (χ4v) is 12.5. The average Bonchev–Trinajstić information content (AvgIpc) is 3.87. The summed E-state index contributed by atoms with van der Waals surface area (Å²) in [7, 11) is 0. The fraction of sp³-hybridized carbons (Fsp3) is 0.0704. The van der Waals surface area contributed by atoms with Gasteiger partial charge in [-0.3, -0.25) is 0 Å². The zero-order valence-corrected chi connectivity index (χ0v) is 42.4. The predicted molar refractivity (Wildman–Crippen MR) is 318 cm³/mol. The topological polar surface area (TPSA) is 11.4 Å². The Bertz CT molecular complexity index is 4070. The summed E-state index contributed by atoms with van der Waals surface area (Å²) in [5.41, 5.74) is 24.1. The SMILES string of the molecule is CC(C)(C)c1ccc2c(c1)N(c1ccccc1-c1ccccc1)c1cc(C(c3ccccc3)c3ccccc3)cc3c1B2c1c(ccc2c1c1ccccc1n2-c1ccccc1)N3c1ccccc1-c1ccccc1. The Hall–Kier alpha value is -9.12. The predicted octanol–water partition coefficient (Wildman–Crippen LogP) is 16.7. The molecular weight excluding hydrogens is 906 g/mol. The minimum atomic E-state index is -0.144. The second-order valence-corrected chi connectivity index (χ2v) is 21.2. The van der Waals surface area contributed by atoms with Gasteiger partial charge in [0, 0.05) is 56.3 Å². The summed E-state index contributed by atoms with van der Waals surface area (Å²) in [6.07, 6.45) is 0. The van der Waals surface area contributed by atoms with Gasteiger partial charge in [-0.1, -0.05) is 227 Å². The van der Waals surface area contributed by atoms with E-state index >= 15 is 0 Å². The first-order valence-corrected chi connectivity index (χ1v) is 26.3. The van der Waals surface area contributed by atoms with Gasteiger partial charge >= 0.3 is 0 Å². The van der Waals surface area contributed by atoms with Crippen LogP contribution in [0.15, 0.2) is 267 Å². The van der Waals surface area contributed by atoms with Gasteiger partial charge in [-0.05, 0) is 116 Å². The first kappa shape index (κ1) is 44.6. The molecule has 0 N–H and O–H groups in total. The third kappa shape index (κ3) is 7.27. The van der Waals surface area contributed by atoms with Crippen LogP contribution < -0.4 is 26.2 Å².